The standard InChI is InChI=1S/C13H20INO2/c1-16-9-7-15(8-10-17-2)11-12-3-5-13(14)6-4-12/h3-6H,7-11H2,1-2H3. The number of ether oxygens (including phenoxy) is 2. The van der Waals surface area contributed by atoms with Gasteiger partial charge in [0, 0.05) is 37.4 Å². The highest BCUT2D eigenvalue weighted by Crippen LogP contribution is 2.09. The van der Waals surface area contributed by atoms with Crippen molar-refractivity contribution in [1.29, 1.82) is 0 Å². The molecule has 0 aliphatic carbocycles. The van der Waals surface area contributed by atoms with Crippen molar-refractivity contribution in [2.45, 2.75) is 6.54 Å². The third kappa shape index (κ3) is 6.35. The summed E-state index contributed by atoms with van der Waals surface area (Å²) in [6, 6.07) is 8.63. The average molecular weight is 349 g/mol. The Balaban J connectivity index is 2.48. The van der Waals surface area contributed by atoms with Crippen LogP contribution in [0.1, 0.15) is 5.56 Å². The van der Waals surface area contributed by atoms with E-state index in [0.29, 0.717) is 0 Å². The maximum Gasteiger partial charge on any atom is 0.0589 e. The van der Waals surface area contributed by atoms with Crippen molar-refractivity contribution in [3.63, 3.8) is 0 Å². The maximum absolute atomic E-state index is 5.13. The lowest BCUT2D eigenvalue weighted by atomic mass is 10.2. The van der Waals surface area contributed by atoms with Crippen molar-refractivity contribution in [3.8, 4) is 0 Å². The molecule has 0 saturated carbocycles. The molecular formula is C13H20INO2. The van der Waals surface area contributed by atoms with Crippen LogP contribution < -0.4 is 0 Å². The summed E-state index contributed by atoms with van der Waals surface area (Å²) in [6.07, 6.45) is 0. The Labute approximate surface area is 117 Å². The van der Waals surface area contributed by atoms with E-state index in [1.165, 1.54) is 9.13 Å². The molecule has 0 spiro atoms. The minimum Gasteiger partial charge on any atom is -0.383 e. The molecule has 0 fully saturated rings. The lowest BCUT2D eigenvalue weighted by Crippen LogP contribution is -2.30. The minimum atomic E-state index is 0.758. The van der Waals surface area contributed by atoms with E-state index in [-0.39, 0.29) is 0 Å². The molecule has 0 aliphatic heterocycles. The van der Waals surface area contributed by atoms with Crippen molar-refractivity contribution in [1.82, 2.24) is 4.90 Å². The van der Waals surface area contributed by atoms with Crippen LogP contribution in [0.2, 0.25) is 0 Å². The topological polar surface area (TPSA) is 21.7 Å². The average Bonchev–Trinajstić information content (AvgIpc) is 2.35. The van der Waals surface area contributed by atoms with Crippen LogP contribution in [0, 0.1) is 3.57 Å². The van der Waals surface area contributed by atoms with Gasteiger partial charge in [-0.2, -0.15) is 0 Å². The van der Waals surface area contributed by atoms with Crippen LogP contribution in [0.15, 0.2) is 24.3 Å². The highest BCUT2D eigenvalue weighted by Gasteiger charge is 2.05. The Morgan fingerprint density at radius 2 is 1.53 bits per heavy atom. The summed E-state index contributed by atoms with van der Waals surface area (Å²) in [6.45, 7) is 4.34. The predicted octanol–water partition coefficient (Wildman–Crippen LogP) is 2.39. The predicted molar refractivity (Wildman–Crippen MR) is 78.2 cm³/mol. The van der Waals surface area contributed by atoms with Gasteiger partial charge in [0.25, 0.3) is 0 Å². The van der Waals surface area contributed by atoms with Gasteiger partial charge in [-0.3, -0.25) is 4.90 Å². The molecule has 4 heteroatoms. The molecule has 96 valence electrons. The van der Waals surface area contributed by atoms with E-state index in [1.54, 1.807) is 14.2 Å². The van der Waals surface area contributed by atoms with Gasteiger partial charge in [0.15, 0.2) is 0 Å². The molecule has 0 atom stereocenters. The van der Waals surface area contributed by atoms with E-state index < -0.39 is 0 Å². The van der Waals surface area contributed by atoms with Crippen LogP contribution in [0.25, 0.3) is 0 Å². The molecule has 0 unspecified atom stereocenters. The summed E-state index contributed by atoms with van der Waals surface area (Å²) < 4.78 is 11.5. The van der Waals surface area contributed by atoms with Crippen LogP contribution in [-0.2, 0) is 16.0 Å². The number of halogens is 1. The molecule has 0 aliphatic rings. The smallest absolute Gasteiger partial charge is 0.0589 e. The number of hydrogen-bond acceptors (Lipinski definition) is 3. The van der Waals surface area contributed by atoms with Gasteiger partial charge in [-0.25, -0.2) is 0 Å². The second kappa shape index (κ2) is 8.85. The van der Waals surface area contributed by atoms with Gasteiger partial charge in [0.05, 0.1) is 13.2 Å². The zero-order valence-corrected chi connectivity index (χ0v) is 12.6. The number of methoxy groups -OCH3 is 2. The maximum atomic E-state index is 5.13. The SMILES string of the molecule is COCCN(CCOC)Cc1ccc(I)cc1. The van der Waals surface area contributed by atoms with Gasteiger partial charge < -0.3 is 9.47 Å². The molecule has 1 aromatic rings. The molecule has 0 amide bonds. The number of hydrogen-bond donors (Lipinski definition) is 0. The largest absolute Gasteiger partial charge is 0.383 e. The van der Waals surface area contributed by atoms with Crippen molar-refractivity contribution in [2.24, 2.45) is 0 Å². The minimum absolute atomic E-state index is 0.758. The second-order valence-corrected chi connectivity index (χ2v) is 5.13. The number of benzene rings is 1. The van der Waals surface area contributed by atoms with Crippen molar-refractivity contribution in [2.75, 3.05) is 40.5 Å². The first-order valence-electron chi connectivity index (χ1n) is 5.71. The lowest BCUT2D eigenvalue weighted by molar-refractivity contribution is 0.110. The Hall–Kier alpha value is -0.170. The van der Waals surface area contributed by atoms with Gasteiger partial charge in [0.2, 0.25) is 0 Å². The summed E-state index contributed by atoms with van der Waals surface area (Å²) in [5.41, 5.74) is 1.33. The van der Waals surface area contributed by atoms with Crippen molar-refractivity contribution < 1.29 is 9.47 Å². The van der Waals surface area contributed by atoms with E-state index in [0.717, 1.165) is 32.8 Å². The zero-order valence-electron chi connectivity index (χ0n) is 10.5. The fourth-order valence-electron chi connectivity index (χ4n) is 1.56. The summed E-state index contributed by atoms with van der Waals surface area (Å²) >= 11 is 2.32. The third-order valence-electron chi connectivity index (χ3n) is 2.54. The van der Waals surface area contributed by atoms with Gasteiger partial charge in [0.1, 0.15) is 0 Å². The van der Waals surface area contributed by atoms with Gasteiger partial charge in [-0.05, 0) is 40.3 Å². The Morgan fingerprint density at radius 3 is 2.00 bits per heavy atom. The molecule has 0 heterocycles. The Morgan fingerprint density at radius 1 is 1.00 bits per heavy atom. The fourth-order valence-corrected chi connectivity index (χ4v) is 1.92. The normalized spacial score (nSPS) is 11.1. The fraction of sp³-hybridized carbons (Fsp3) is 0.538. The molecule has 0 saturated heterocycles. The summed E-state index contributed by atoms with van der Waals surface area (Å²) in [7, 11) is 3.47. The van der Waals surface area contributed by atoms with Crippen LogP contribution in [0.4, 0.5) is 0 Å². The summed E-state index contributed by atoms with van der Waals surface area (Å²) in [4.78, 5) is 2.34. The first-order chi connectivity index (χ1) is 8.26. The first-order valence-corrected chi connectivity index (χ1v) is 6.79. The van der Waals surface area contributed by atoms with E-state index in [4.69, 9.17) is 9.47 Å². The first kappa shape index (κ1) is 14.9. The highest BCUT2D eigenvalue weighted by molar-refractivity contribution is 14.1. The number of nitrogens with zero attached hydrogens (tertiary/aromatic N) is 1. The molecule has 0 N–H and O–H groups in total. The summed E-state index contributed by atoms with van der Waals surface area (Å²) in [5, 5.41) is 0. The van der Waals surface area contributed by atoms with E-state index in [2.05, 4.69) is 51.8 Å². The second-order valence-electron chi connectivity index (χ2n) is 3.89. The van der Waals surface area contributed by atoms with Crippen LogP contribution in [0.3, 0.4) is 0 Å². The van der Waals surface area contributed by atoms with Crippen molar-refractivity contribution in [3.05, 3.63) is 33.4 Å². The molecule has 3 nitrogen and oxygen atoms in total. The Kier molecular flexibility index (Phi) is 7.75. The quantitative estimate of drug-likeness (QED) is 0.673. The van der Waals surface area contributed by atoms with E-state index >= 15 is 0 Å². The molecule has 1 aromatic carbocycles. The molecule has 17 heavy (non-hydrogen) atoms. The van der Waals surface area contributed by atoms with Crippen molar-refractivity contribution >= 4 is 22.6 Å². The van der Waals surface area contributed by atoms with Gasteiger partial charge >= 0.3 is 0 Å². The van der Waals surface area contributed by atoms with E-state index in [1.807, 2.05) is 0 Å². The number of rotatable bonds is 8. The molecular weight excluding hydrogens is 329 g/mol. The highest BCUT2D eigenvalue weighted by atomic mass is 127. The monoisotopic (exact) mass is 349 g/mol. The summed E-state index contributed by atoms with van der Waals surface area (Å²) in [5.74, 6) is 0. The zero-order chi connectivity index (χ0) is 12.5. The van der Waals surface area contributed by atoms with Crippen LogP contribution >= 0.6 is 22.6 Å². The molecule has 0 aromatic heterocycles. The van der Waals surface area contributed by atoms with E-state index in [9.17, 15) is 0 Å². The third-order valence-corrected chi connectivity index (χ3v) is 3.26. The molecule has 0 radical (unpaired) electrons. The van der Waals surface area contributed by atoms with Crippen LogP contribution in [0.5, 0.6) is 0 Å². The lowest BCUT2D eigenvalue weighted by Gasteiger charge is -2.21. The van der Waals surface area contributed by atoms with Crippen LogP contribution in [-0.4, -0.2) is 45.4 Å². The molecule has 1 rings (SSSR count). The van der Waals surface area contributed by atoms with Gasteiger partial charge in [-0.1, -0.05) is 12.1 Å². The Bertz CT molecular complexity index is 295. The van der Waals surface area contributed by atoms with Gasteiger partial charge in [-0.15, -0.1) is 0 Å². The molecule has 0 bridgehead atoms.